The van der Waals surface area contributed by atoms with Crippen LogP contribution in [0.1, 0.15) is 21.5 Å². The summed E-state index contributed by atoms with van der Waals surface area (Å²) in [4.78, 5) is 23.6. The van der Waals surface area contributed by atoms with Gasteiger partial charge in [-0.1, -0.05) is 36.4 Å². The van der Waals surface area contributed by atoms with Crippen LogP contribution in [0.2, 0.25) is 0 Å². The zero-order valence-electron chi connectivity index (χ0n) is 11.6. The van der Waals surface area contributed by atoms with E-state index >= 15 is 0 Å². The summed E-state index contributed by atoms with van der Waals surface area (Å²) in [6, 6.07) is 13.7. The van der Waals surface area contributed by atoms with Crippen molar-refractivity contribution in [2.45, 2.75) is 13.3 Å². The monoisotopic (exact) mass is 284 g/mol. The number of phenolic OH excluding ortho intramolecular Hbond substituents is 1. The fourth-order valence-corrected chi connectivity index (χ4v) is 1.89. The van der Waals surface area contributed by atoms with Crippen molar-refractivity contribution < 1.29 is 14.7 Å². The first kappa shape index (κ1) is 14.6. The number of para-hydroxylation sites is 1. The zero-order chi connectivity index (χ0) is 15.2. The summed E-state index contributed by atoms with van der Waals surface area (Å²) < 4.78 is 0. The second-order valence-corrected chi connectivity index (χ2v) is 4.62. The van der Waals surface area contributed by atoms with E-state index in [1.54, 1.807) is 12.1 Å². The SMILES string of the molecule is Cc1ccccc1CC(=O)NNC(=O)c1ccccc1O. The molecule has 0 aliphatic heterocycles. The number of hydrogen-bond acceptors (Lipinski definition) is 3. The Balaban J connectivity index is 1.91. The van der Waals surface area contributed by atoms with E-state index in [4.69, 9.17) is 0 Å². The molecular formula is C16H16N2O3. The van der Waals surface area contributed by atoms with Crippen molar-refractivity contribution in [2.75, 3.05) is 0 Å². The van der Waals surface area contributed by atoms with Crippen LogP contribution in [0.5, 0.6) is 5.75 Å². The Labute approximate surface area is 122 Å². The van der Waals surface area contributed by atoms with E-state index in [9.17, 15) is 14.7 Å². The summed E-state index contributed by atoms with van der Waals surface area (Å²) in [5.41, 5.74) is 6.63. The molecule has 0 bridgehead atoms. The van der Waals surface area contributed by atoms with E-state index in [0.717, 1.165) is 11.1 Å². The van der Waals surface area contributed by atoms with Crippen molar-refractivity contribution in [2.24, 2.45) is 0 Å². The van der Waals surface area contributed by atoms with Gasteiger partial charge in [-0.3, -0.25) is 20.4 Å². The summed E-state index contributed by atoms with van der Waals surface area (Å²) in [5.74, 6) is -1.03. The van der Waals surface area contributed by atoms with Crippen LogP contribution in [0, 0.1) is 6.92 Å². The van der Waals surface area contributed by atoms with Crippen molar-refractivity contribution in [3.8, 4) is 5.75 Å². The number of aryl methyl sites for hydroxylation is 1. The quantitative estimate of drug-likeness (QED) is 0.751. The Hall–Kier alpha value is -2.82. The molecule has 0 saturated heterocycles. The summed E-state index contributed by atoms with van der Waals surface area (Å²) in [7, 11) is 0. The predicted molar refractivity (Wildman–Crippen MR) is 78.6 cm³/mol. The second kappa shape index (κ2) is 6.56. The van der Waals surface area contributed by atoms with Gasteiger partial charge in [0.15, 0.2) is 0 Å². The Morgan fingerprint density at radius 3 is 2.38 bits per heavy atom. The molecule has 0 fully saturated rings. The van der Waals surface area contributed by atoms with E-state index in [1.807, 2.05) is 31.2 Å². The highest BCUT2D eigenvalue weighted by Crippen LogP contribution is 2.14. The molecule has 3 N–H and O–H groups in total. The molecule has 2 rings (SSSR count). The van der Waals surface area contributed by atoms with E-state index in [0.29, 0.717) is 0 Å². The van der Waals surface area contributed by atoms with Crippen molar-refractivity contribution in [1.29, 1.82) is 0 Å². The molecule has 5 nitrogen and oxygen atoms in total. The van der Waals surface area contributed by atoms with Gasteiger partial charge in [0.05, 0.1) is 12.0 Å². The summed E-state index contributed by atoms with van der Waals surface area (Å²) in [6.45, 7) is 1.92. The van der Waals surface area contributed by atoms with Crippen LogP contribution in [0.25, 0.3) is 0 Å². The number of aromatic hydroxyl groups is 1. The van der Waals surface area contributed by atoms with Crippen LogP contribution in [0.4, 0.5) is 0 Å². The van der Waals surface area contributed by atoms with Gasteiger partial charge < -0.3 is 5.11 Å². The van der Waals surface area contributed by atoms with E-state index < -0.39 is 5.91 Å². The fraction of sp³-hybridized carbons (Fsp3) is 0.125. The van der Waals surface area contributed by atoms with Gasteiger partial charge in [-0.15, -0.1) is 0 Å². The number of carbonyl (C=O) groups excluding carboxylic acids is 2. The standard InChI is InChI=1S/C16H16N2O3/c1-11-6-2-3-7-12(11)10-15(20)17-18-16(21)13-8-4-5-9-14(13)19/h2-9,19H,10H2,1H3,(H,17,20)(H,18,21). The number of rotatable bonds is 3. The lowest BCUT2D eigenvalue weighted by molar-refractivity contribution is -0.121. The van der Waals surface area contributed by atoms with Crippen LogP contribution in [0.15, 0.2) is 48.5 Å². The maximum absolute atomic E-state index is 11.8. The number of benzene rings is 2. The molecule has 0 radical (unpaired) electrons. The Morgan fingerprint density at radius 2 is 1.67 bits per heavy atom. The van der Waals surface area contributed by atoms with Crippen molar-refractivity contribution >= 4 is 11.8 Å². The minimum absolute atomic E-state index is 0.105. The molecule has 5 heteroatoms. The van der Waals surface area contributed by atoms with Crippen molar-refractivity contribution in [3.63, 3.8) is 0 Å². The fourth-order valence-electron chi connectivity index (χ4n) is 1.89. The van der Waals surface area contributed by atoms with Crippen LogP contribution in [0.3, 0.4) is 0 Å². The lowest BCUT2D eigenvalue weighted by Crippen LogP contribution is -2.42. The van der Waals surface area contributed by atoms with E-state index in [2.05, 4.69) is 10.9 Å². The largest absolute Gasteiger partial charge is 0.507 e. The van der Waals surface area contributed by atoms with Gasteiger partial charge >= 0.3 is 0 Å². The van der Waals surface area contributed by atoms with Gasteiger partial charge in [0, 0.05) is 0 Å². The Bertz CT molecular complexity index is 668. The maximum atomic E-state index is 11.8. The molecule has 0 aromatic heterocycles. The minimum atomic E-state index is -0.564. The van der Waals surface area contributed by atoms with Gasteiger partial charge in [0.2, 0.25) is 5.91 Å². The predicted octanol–water partition coefficient (Wildman–Crippen LogP) is 1.70. The van der Waals surface area contributed by atoms with Crippen molar-refractivity contribution in [1.82, 2.24) is 10.9 Å². The third-order valence-corrected chi connectivity index (χ3v) is 3.08. The van der Waals surface area contributed by atoms with Gasteiger partial charge in [-0.2, -0.15) is 0 Å². The zero-order valence-corrected chi connectivity index (χ0v) is 11.6. The van der Waals surface area contributed by atoms with Crippen molar-refractivity contribution in [3.05, 3.63) is 65.2 Å². The van der Waals surface area contributed by atoms with Gasteiger partial charge in [-0.25, -0.2) is 0 Å². The molecule has 108 valence electrons. The first-order valence-electron chi connectivity index (χ1n) is 6.49. The second-order valence-electron chi connectivity index (χ2n) is 4.62. The van der Waals surface area contributed by atoms with Crippen LogP contribution in [-0.2, 0) is 11.2 Å². The van der Waals surface area contributed by atoms with Crippen LogP contribution >= 0.6 is 0 Å². The van der Waals surface area contributed by atoms with Gasteiger partial charge in [0.1, 0.15) is 5.75 Å². The topological polar surface area (TPSA) is 78.4 Å². The third-order valence-electron chi connectivity index (χ3n) is 3.08. The normalized spacial score (nSPS) is 9.95. The summed E-state index contributed by atoms with van der Waals surface area (Å²) in [6.07, 6.45) is 0.174. The summed E-state index contributed by atoms with van der Waals surface area (Å²) in [5, 5.41) is 9.54. The molecular weight excluding hydrogens is 268 g/mol. The number of phenols is 1. The number of nitrogens with one attached hydrogen (secondary N) is 2. The Morgan fingerprint density at radius 1 is 1.00 bits per heavy atom. The maximum Gasteiger partial charge on any atom is 0.273 e. The van der Waals surface area contributed by atoms with Gasteiger partial charge in [-0.05, 0) is 30.2 Å². The molecule has 0 atom stereocenters. The number of carbonyl (C=O) groups is 2. The highest BCUT2D eigenvalue weighted by molar-refractivity contribution is 5.97. The molecule has 0 aliphatic rings. The molecule has 0 spiro atoms. The van der Waals surface area contributed by atoms with Crippen LogP contribution < -0.4 is 10.9 Å². The number of amides is 2. The molecule has 0 heterocycles. The number of hydrazine groups is 1. The Kier molecular flexibility index (Phi) is 4.56. The molecule has 2 aromatic rings. The average Bonchev–Trinajstić information content (AvgIpc) is 2.48. The lowest BCUT2D eigenvalue weighted by Gasteiger charge is -2.09. The molecule has 0 unspecified atom stereocenters. The molecule has 2 aromatic carbocycles. The van der Waals surface area contributed by atoms with Gasteiger partial charge in [0.25, 0.3) is 5.91 Å². The summed E-state index contributed by atoms with van der Waals surface area (Å²) >= 11 is 0. The third kappa shape index (κ3) is 3.82. The highest BCUT2D eigenvalue weighted by atomic mass is 16.3. The van der Waals surface area contributed by atoms with Crippen LogP contribution in [-0.4, -0.2) is 16.9 Å². The average molecular weight is 284 g/mol. The number of hydrogen-bond donors (Lipinski definition) is 3. The van der Waals surface area contributed by atoms with E-state index in [1.165, 1.54) is 12.1 Å². The molecule has 21 heavy (non-hydrogen) atoms. The highest BCUT2D eigenvalue weighted by Gasteiger charge is 2.11. The lowest BCUT2D eigenvalue weighted by atomic mass is 10.1. The molecule has 0 aliphatic carbocycles. The minimum Gasteiger partial charge on any atom is -0.507 e. The molecule has 0 saturated carbocycles. The smallest absolute Gasteiger partial charge is 0.273 e. The van der Waals surface area contributed by atoms with E-state index in [-0.39, 0.29) is 23.6 Å². The first-order chi connectivity index (χ1) is 10.1. The molecule has 2 amide bonds. The first-order valence-corrected chi connectivity index (χ1v) is 6.49.